The molecular formula is C29H33F3N2O11P2. The van der Waals surface area contributed by atoms with E-state index in [0.29, 0.717) is 18.9 Å². The Balaban J connectivity index is 0.000000353. The van der Waals surface area contributed by atoms with E-state index >= 15 is 0 Å². The molecule has 0 radical (unpaired) electrons. The second-order valence-corrected chi connectivity index (χ2v) is 12.3. The Labute approximate surface area is 267 Å². The second-order valence-electron chi connectivity index (χ2n) is 10.0. The number of amides is 1. The predicted octanol–water partition coefficient (Wildman–Crippen LogP) is 7.57. The topological polar surface area (TPSA) is 206 Å². The second kappa shape index (κ2) is 16.2. The van der Waals surface area contributed by atoms with Crippen molar-refractivity contribution < 1.29 is 60.6 Å². The summed E-state index contributed by atoms with van der Waals surface area (Å²) in [4.78, 5) is 56.3. The molecule has 18 heteroatoms. The van der Waals surface area contributed by atoms with Gasteiger partial charge in [-0.3, -0.25) is 34.5 Å². The van der Waals surface area contributed by atoms with Crippen LogP contribution in [-0.4, -0.2) is 30.4 Å². The number of halogens is 3. The van der Waals surface area contributed by atoms with Crippen LogP contribution < -0.4 is 14.4 Å². The summed E-state index contributed by atoms with van der Waals surface area (Å²) in [6.45, 7) is 7.14. The van der Waals surface area contributed by atoms with Crippen molar-refractivity contribution in [2.45, 2.75) is 46.7 Å². The summed E-state index contributed by atoms with van der Waals surface area (Å²) in [5.41, 5.74) is 1.27. The highest BCUT2D eigenvalue weighted by atomic mass is 31.2. The number of allylic oxidation sites excluding steroid dienone is 2. The summed E-state index contributed by atoms with van der Waals surface area (Å²) in [6, 6.07) is 15.2. The molecule has 0 aliphatic heterocycles. The Bertz CT molecular complexity index is 1610. The Hall–Kier alpha value is -4.04. The Kier molecular flexibility index (Phi) is 13.5. The molecular weight excluding hydrogens is 671 g/mol. The van der Waals surface area contributed by atoms with Gasteiger partial charge in [0.15, 0.2) is 0 Å². The average molecular weight is 705 g/mol. The number of nitro benzene ring substituents is 1. The first-order valence-electron chi connectivity index (χ1n) is 13.7. The number of benzene rings is 3. The van der Waals surface area contributed by atoms with E-state index in [1.54, 1.807) is 38.1 Å². The molecule has 0 aliphatic carbocycles. The smallest absolute Gasteiger partial charge is 0.404 e. The van der Waals surface area contributed by atoms with Crippen LogP contribution in [0.5, 0.6) is 11.5 Å². The molecule has 0 heterocycles. The highest BCUT2D eigenvalue weighted by molar-refractivity contribution is 7.47. The summed E-state index contributed by atoms with van der Waals surface area (Å²) >= 11 is 0. The molecule has 0 unspecified atom stereocenters. The third-order valence-corrected chi connectivity index (χ3v) is 7.11. The number of nitrogens with one attached hydrogen (secondary N) is 1. The molecule has 0 aliphatic rings. The lowest BCUT2D eigenvalue weighted by Crippen LogP contribution is -2.18. The largest absolute Gasteiger partial charge is 0.524 e. The molecule has 0 saturated heterocycles. The summed E-state index contributed by atoms with van der Waals surface area (Å²) in [7, 11) is -9.21. The summed E-state index contributed by atoms with van der Waals surface area (Å²) in [6.07, 6.45) is -3.44. The molecule has 1 amide bonds. The predicted molar refractivity (Wildman–Crippen MR) is 167 cm³/mol. The van der Waals surface area contributed by atoms with Gasteiger partial charge in [-0.05, 0) is 71.5 Å². The zero-order valence-corrected chi connectivity index (χ0v) is 27.3. The van der Waals surface area contributed by atoms with Gasteiger partial charge in [0, 0.05) is 17.7 Å². The van der Waals surface area contributed by atoms with Crippen molar-refractivity contribution in [3.63, 3.8) is 0 Å². The zero-order chi connectivity index (χ0) is 35.7. The first-order valence-corrected chi connectivity index (χ1v) is 16.8. The third kappa shape index (κ3) is 12.6. The number of phosphoric acid groups is 2. The molecule has 5 N–H and O–H groups in total. The first kappa shape index (κ1) is 39.1. The zero-order valence-electron chi connectivity index (χ0n) is 25.5. The van der Waals surface area contributed by atoms with E-state index in [0.717, 1.165) is 34.4 Å². The molecule has 0 saturated carbocycles. The van der Waals surface area contributed by atoms with Gasteiger partial charge in [-0.1, -0.05) is 52.0 Å². The monoisotopic (exact) mass is 704 g/mol. The number of rotatable bonds is 11. The van der Waals surface area contributed by atoms with Crippen LogP contribution in [0.25, 0.3) is 11.1 Å². The van der Waals surface area contributed by atoms with E-state index in [-0.39, 0.29) is 17.2 Å². The fourth-order valence-electron chi connectivity index (χ4n) is 4.18. The van der Waals surface area contributed by atoms with Crippen LogP contribution in [-0.2, 0) is 20.1 Å². The van der Waals surface area contributed by atoms with Gasteiger partial charge < -0.3 is 14.4 Å². The molecule has 0 bridgehead atoms. The van der Waals surface area contributed by atoms with Crippen LogP contribution in [0.4, 0.5) is 24.5 Å². The number of hydrogen-bond donors (Lipinski definition) is 5. The van der Waals surface area contributed by atoms with E-state index in [1.807, 2.05) is 13.8 Å². The van der Waals surface area contributed by atoms with Gasteiger partial charge in [0.25, 0.3) is 5.69 Å². The highest BCUT2D eigenvalue weighted by Crippen LogP contribution is 2.41. The number of nitro groups is 1. The number of phosphoric ester groups is 2. The molecule has 3 aromatic rings. The quantitative estimate of drug-likeness (QED) is 0.0569. The maximum Gasteiger partial charge on any atom is 0.524 e. The summed E-state index contributed by atoms with van der Waals surface area (Å²) in [5, 5.41) is 12.8. The van der Waals surface area contributed by atoms with E-state index in [1.165, 1.54) is 24.3 Å². The Morgan fingerprint density at radius 2 is 1.23 bits per heavy atom. The van der Waals surface area contributed by atoms with Crippen LogP contribution in [0, 0.1) is 16.0 Å². The molecule has 0 spiro atoms. The number of carbonyl (C=O) groups is 1. The molecule has 0 fully saturated rings. The van der Waals surface area contributed by atoms with Crippen LogP contribution in [0.2, 0.25) is 0 Å². The molecule has 0 atom stereocenters. The van der Waals surface area contributed by atoms with E-state index < -0.39 is 49.8 Å². The lowest BCUT2D eigenvalue weighted by atomic mass is 9.91. The van der Waals surface area contributed by atoms with Gasteiger partial charge in [0.05, 0.1) is 4.92 Å². The number of nitrogens with zero attached hydrogens (tertiary/aromatic N) is 1. The van der Waals surface area contributed by atoms with Crippen molar-refractivity contribution in [3.8, 4) is 11.5 Å². The van der Waals surface area contributed by atoms with Crippen molar-refractivity contribution in [1.29, 1.82) is 0 Å². The van der Waals surface area contributed by atoms with E-state index in [2.05, 4.69) is 14.4 Å². The minimum Gasteiger partial charge on any atom is -0.404 e. The van der Waals surface area contributed by atoms with Crippen molar-refractivity contribution in [1.82, 2.24) is 0 Å². The van der Waals surface area contributed by atoms with Crippen molar-refractivity contribution >= 4 is 44.1 Å². The fourth-order valence-corrected chi connectivity index (χ4v) is 4.97. The van der Waals surface area contributed by atoms with Gasteiger partial charge in [-0.15, -0.1) is 0 Å². The van der Waals surface area contributed by atoms with Crippen molar-refractivity contribution in [2.24, 2.45) is 5.92 Å². The molecule has 13 nitrogen and oxygen atoms in total. The summed E-state index contributed by atoms with van der Waals surface area (Å²) in [5.74, 6) is -0.736. The lowest BCUT2D eigenvalue weighted by Gasteiger charge is -2.15. The third-order valence-electron chi connectivity index (χ3n) is 6.22. The van der Waals surface area contributed by atoms with Crippen LogP contribution in [0.15, 0.2) is 66.7 Å². The van der Waals surface area contributed by atoms with Gasteiger partial charge in [0.2, 0.25) is 5.91 Å². The lowest BCUT2D eigenvalue weighted by molar-refractivity contribution is -0.388. The molecule has 3 aromatic carbocycles. The van der Waals surface area contributed by atoms with Gasteiger partial charge in [-0.2, -0.15) is 13.2 Å². The van der Waals surface area contributed by atoms with Crippen LogP contribution in [0.1, 0.15) is 57.2 Å². The maximum absolute atomic E-state index is 12.7. The maximum atomic E-state index is 12.7. The van der Waals surface area contributed by atoms with E-state index in [4.69, 9.17) is 19.6 Å². The molecule has 47 heavy (non-hydrogen) atoms. The average Bonchev–Trinajstić information content (AvgIpc) is 2.95. The fraction of sp³-hybridized carbons (Fsp3) is 0.276. The molecule has 3 rings (SSSR count). The summed E-state index contributed by atoms with van der Waals surface area (Å²) < 4.78 is 69.0. The number of anilines is 1. The number of alkyl halides is 3. The van der Waals surface area contributed by atoms with Crippen LogP contribution >= 0.6 is 15.6 Å². The van der Waals surface area contributed by atoms with Gasteiger partial charge in [0.1, 0.15) is 17.1 Å². The van der Waals surface area contributed by atoms with Gasteiger partial charge >= 0.3 is 21.8 Å². The van der Waals surface area contributed by atoms with E-state index in [9.17, 15) is 37.2 Å². The van der Waals surface area contributed by atoms with Crippen molar-refractivity contribution in [2.75, 3.05) is 5.32 Å². The Morgan fingerprint density at radius 1 is 0.830 bits per heavy atom. The minimum atomic E-state index is -4.86. The Morgan fingerprint density at radius 3 is 1.53 bits per heavy atom. The minimum absolute atomic E-state index is 0.0736. The van der Waals surface area contributed by atoms with Crippen molar-refractivity contribution in [3.05, 3.63) is 93.5 Å². The number of carbonyl (C=O) groups excluding carboxylic acids is 1. The number of hydrogen-bond acceptors (Lipinski definition) is 7. The SMILES string of the molecule is CC(C)C(=O)Nc1ccc([N+](=O)[O-])c(C(F)(F)F)c1.CC/C(=C(/CC)c1ccc(OP(=O)(O)O)cc1)c1ccc(OP(=O)(O)O)cc1. The normalized spacial score (nSPS) is 12.4. The molecule has 256 valence electrons. The first-order chi connectivity index (χ1) is 21.6. The highest BCUT2D eigenvalue weighted by Gasteiger charge is 2.38. The standard InChI is InChI=1S/C18H22O8P2.C11H11F3N2O3/c1-3-17(13-5-9-15(10-6-13)25-27(19,20)21)18(4-2)14-7-11-16(12-8-14)26-28(22,23)24;1-6(2)10(17)15-7-3-4-9(16(18)19)8(5-7)11(12,13)14/h5-12H,3-4H2,1-2H3,(H2,19,20,21)(H2,22,23,24);3-6H,1-2H3,(H,15,17)/b18-17+;. The van der Waals surface area contributed by atoms with Crippen LogP contribution in [0.3, 0.4) is 0 Å². The molecule has 0 aromatic heterocycles. The van der Waals surface area contributed by atoms with Gasteiger partial charge in [-0.25, -0.2) is 9.13 Å².